The molecule has 1 aliphatic rings. The van der Waals surface area contributed by atoms with Gasteiger partial charge < -0.3 is 102 Å². The van der Waals surface area contributed by atoms with Gasteiger partial charge in [-0.3, -0.25) is 81.2 Å². The van der Waals surface area contributed by atoms with Crippen LogP contribution in [0, 0.1) is 0 Å². The number of aliphatic hydroxyl groups excluding tert-OH is 1. The molecule has 3 heterocycles. The molecule has 1 aliphatic heterocycles. The minimum atomic E-state index is -1.63. The summed E-state index contributed by atoms with van der Waals surface area (Å²) in [6.07, 6.45) is 3.74. The molecular formula is C56H87N17O19S2. The number of amides is 14. The molecule has 14 amide bonds. The maximum Gasteiger partial charge on any atom is 0.253 e. The van der Waals surface area contributed by atoms with Gasteiger partial charge in [-0.25, -0.2) is 0 Å². The average molecular weight is 1370 g/mol. The first-order chi connectivity index (χ1) is 44.5. The number of nitrogens with zero attached hydrogens (tertiary/aromatic N) is 3. The number of aromatic nitrogens is 2. The van der Waals surface area contributed by atoms with Crippen molar-refractivity contribution in [3.63, 3.8) is 0 Å². The van der Waals surface area contributed by atoms with Crippen LogP contribution in [0.3, 0.4) is 0 Å². The van der Waals surface area contributed by atoms with E-state index in [-0.39, 0.29) is 86.0 Å². The Labute approximate surface area is 548 Å². The number of unbranched alkanes of at least 4 members (excludes halogenated alkanes) is 3. The number of hydrogen-bond acceptors (Lipinski definition) is 23. The standard InChI is InChI=1S/C56H87N17O19S2/c1-3-4-9-31(58)51(87)69-36(49(60)85)28-93-38-24-46(82)72(55(38)91)21-15-41(77)63-26-34(48(59)84)68-53(89)33(11-6-8-19-62-40(76)14-20-71-44(80)12-13-45(71)81)67-54(90)35(65-30(2)75)27-64-42(78)16-22-73-47(83)25-39(56(73)92)94-29-37(50(61)86)70-52(88)32(10-5-7-18-57)66-43(79)17-23-74/h12-13,24-25,31-37,74,82-83,91-92H,3-11,14-23,26-29,57-58H2,1-2H3,(H2,59,84)(H2,60,85)(H2,61,86)(H,62,76)(H,63,77)(H,64,78)(H,65,75)(H,66,79)(H,67,90)(H,68,89)(H,69,87)(H,70,88). The first-order valence-electron chi connectivity index (χ1n) is 30.1. The van der Waals surface area contributed by atoms with Gasteiger partial charge in [0.1, 0.15) is 36.3 Å². The number of carbonyl (C=O) groups is 14. The molecule has 94 heavy (non-hydrogen) atoms. The summed E-state index contributed by atoms with van der Waals surface area (Å²) in [6.45, 7) is 0.702. The molecule has 0 saturated heterocycles. The molecule has 24 N–H and O–H groups in total. The van der Waals surface area contributed by atoms with E-state index < -0.39 is 181 Å². The lowest BCUT2D eigenvalue weighted by Crippen LogP contribution is -2.59. The molecule has 36 nitrogen and oxygen atoms in total. The molecule has 0 fully saturated rings. The fourth-order valence-electron chi connectivity index (χ4n) is 8.81. The third kappa shape index (κ3) is 27.2. The third-order valence-corrected chi connectivity index (χ3v) is 16.3. The minimum absolute atomic E-state index is 0.00186. The topological polar surface area (TPSA) is 592 Å². The number of nitrogens with two attached hydrogens (primary N) is 5. The Morgan fingerprint density at radius 2 is 0.947 bits per heavy atom. The summed E-state index contributed by atoms with van der Waals surface area (Å²) in [6, 6.07) is -7.03. The van der Waals surface area contributed by atoms with Gasteiger partial charge in [0.2, 0.25) is 82.6 Å². The SMILES string of the molecule is CCCCC(N)C(=O)NC(CSc1cc(O)n(CCC(=O)NCC(NC(=O)C(CCCCNC(=O)CCN2C(=O)C=CC2=O)NC(=O)C(CNC(=O)CCn2c(O)cc(SCC(NC(=O)C(CCCCN)NC(=O)CCO)C(N)=O)c2O)NC(C)=O)C(N)=O)c1O)C(N)=O. The van der Waals surface area contributed by atoms with Gasteiger partial charge in [0.15, 0.2) is 11.8 Å². The van der Waals surface area contributed by atoms with Crippen LogP contribution in [0.5, 0.6) is 23.5 Å². The fourth-order valence-corrected chi connectivity index (χ4v) is 10.9. The van der Waals surface area contributed by atoms with Gasteiger partial charge in [-0.05, 0) is 51.5 Å². The van der Waals surface area contributed by atoms with E-state index in [1.807, 2.05) is 6.92 Å². The van der Waals surface area contributed by atoms with E-state index in [0.717, 1.165) is 75.2 Å². The fraction of sp³-hybridized carbons (Fsp3) is 0.571. The van der Waals surface area contributed by atoms with Crippen LogP contribution in [0.1, 0.15) is 97.3 Å². The van der Waals surface area contributed by atoms with Crippen LogP contribution in [0.25, 0.3) is 0 Å². The van der Waals surface area contributed by atoms with Crippen molar-refractivity contribution in [1.82, 2.24) is 61.9 Å². The summed E-state index contributed by atoms with van der Waals surface area (Å²) >= 11 is 1.66. The Kier molecular flexibility index (Phi) is 34.3. The van der Waals surface area contributed by atoms with Gasteiger partial charge in [-0.2, -0.15) is 0 Å². The number of hydrogen-bond donors (Lipinski definition) is 19. The first kappa shape index (κ1) is 79.1. The van der Waals surface area contributed by atoms with Crippen LogP contribution < -0.4 is 76.5 Å². The number of rotatable bonds is 46. The molecule has 0 bridgehead atoms. The minimum Gasteiger partial charge on any atom is -0.494 e. The van der Waals surface area contributed by atoms with Crippen molar-refractivity contribution in [2.75, 3.05) is 50.8 Å². The predicted molar refractivity (Wildman–Crippen MR) is 337 cm³/mol. The van der Waals surface area contributed by atoms with E-state index >= 15 is 0 Å². The second kappa shape index (κ2) is 40.8. The Bertz CT molecular complexity index is 3030. The number of carbonyl (C=O) groups excluding carboxylic acids is 14. The second-order valence-electron chi connectivity index (χ2n) is 21.5. The number of imide groups is 1. The van der Waals surface area contributed by atoms with Crippen molar-refractivity contribution < 1.29 is 92.7 Å². The van der Waals surface area contributed by atoms with Crippen molar-refractivity contribution in [2.24, 2.45) is 28.7 Å². The van der Waals surface area contributed by atoms with Crippen molar-refractivity contribution in [1.29, 1.82) is 0 Å². The Hall–Kier alpha value is -9.14. The average Bonchev–Trinajstić information content (AvgIpc) is 1.73. The molecule has 2 aromatic rings. The summed E-state index contributed by atoms with van der Waals surface area (Å²) in [5.74, 6) is -13.6. The summed E-state index contributed by atoms with van der Waals surface area (Å²) < 4.78 is 1.89. The van der Waals surface area contributed by atoms with Crippen LogP contribution in [0.4, 0.5) is 0 Å². The Balaban J connectivity index is 1.70. The maximum atomic E-state index is 14.0. The molecule has 0 spiro atoms. The van der Waals surface area contributed by atoms with E-state index in [4.69, 9.17) is 33.8 Å². The number of primary amides is 3. The zero-order chi connectivity index (χ0) is 70.2. The first-order valence-corrected chi connectivity index (χ1v) is 32.0. The van der Waals surface area contributed by atoms with Crippen LogP contribution in [0.15, 0.2) is 34.1 Å². The maximum absolute atomic E-state index is 14.0. The predicted octanol–water partition coefficient (Wildman–Crippen LogP) is -5.98. The molecule has 0 radical (unpaired) electrons. The zero-order valence-corrected chi connectivity index (χ0v) is 53.7. The van der Waals surface area contributed by atoms with Gasteiger partial charge in [-0.15, -0.1) is 23.5 Å². The highest BCUT2D eigenvalue weighted by Crippen LogP contribution is 2.37. The van der Waals surface area contributed by atoms with Crippen LogP contribution in [0.2, 0.25) is 0 Å². The molecule has 38 heteroatoms. The van der Waals surface area contributed by atoms with Gasteiger partial charge in [0, 0.05) is 108 Å². The van der Waals surface area contributed by atoms with Crippen LogP contribution >= 0.6 is 23.5 Å². The number of thioether (sulfide) groups is 2. The van der Waals surface area contributed by atoms with E-state index in [0.29, 0.717) is 32.2 Å². The van der Waals surface area contributed by atoms with Crippen molar-refractivity contribution in [2.45, 2.75) is 162 Å². The van der Waals surface area contributed by atoms with Gasteiger partial charge in [0.05, 0.1) is 22.4 Å². The molecule has 522 valence electrons. The van der Waals surface area contributed by atoms with Crippen molar-refractivity contribution in [3.8, 4) is 23.5 Å². The lowest BCUT2D eigenvalue weighted by molar-refractivity contribution is -0.137. The third-order valence-electron chi connectivity index (χ3n) is 14.1. The van der Waals surface area contributed by atoms with Crippen LogP contribution in [-0.2, 0) is 80.2 Å². The van der Waals surface area contributed by atoms with Gasteiger partial charge >= 0.3 is 0 Å². The molecule has 7 atom stereocenters. The highest BCUT2D eigenvalue weighted by Gasteiger charge is 2.32. The van der Waals surface area contributed by atoms with Gasteiger partial charge in [0.25, 0.3) is 11.8 Å². The summed E-state index contributed by atoms with van der Waals surface area (Å²) in [5.41, 5.74) is 28.1. The zero-order valence-electron chi connectivity index (χ0n) is 52.1. The number of aromatic hydroxyl groups is 4. The number of aliphatic hydroxyl groups is 1. The highest BCUT2D eigenvalue weighted by molar-refractivity contribution is 7.99. The molecule has 3 rings (SSSR count). The molecule has 7 unspecified atom stereocenters. The Morgan fingerprint density at radius 3 is 1.43 bits per heavy atom. The molecule has 0 aliphatic carbocycles. The lowest BCUT2D eigenvalue weighted by atomic mass is 10.1. The lowest BCUT2D eigenvalue weighted by Gasteiger charge is -2.25. The monoisotopic (exact) mass is 1370 g/mol. The Morgan fingerprint density at radius 1 is 0.511 bits per heavy atom. The van der Waals surface area contributed by atoms with Crippen molar-refractivity contribution in [3.05, 3.63) is 24.3 Å². The smallest absolute Gasteiger partial charge is 0.253 e. The summed E-state index contributed by atoms with van der Waals surface area (Å²) in [7, 11) is 0. The van der Waals surface area contributed by atoms with E-state index in [1.54, 1.807) is 0 Å². The largest absolute Gasteiger partial charge is 0.494 e. The normalized spacial score (nSPS) is 14.1. The quantitative estimate of drug-likeness (QED) is 0.0167. The van der Waals surface area contributed by atoms with E-state index in [2.05, 4.69) is 47.9 Å². The van der Waals surface area contributed by atoms with E-state index in [9.17, 15) is 87.5 Å². The van der Waals surface area contributed by atoms with Crippen molar-refractivity contribution >= 4 is 106 Å². The second-order valence-corrected chi connectivity index (χ2v) is 23.6. The molecule has 0 saturated carbocycles. The van der Waals surface area contributed by atoms with Crippen LogP contribution in [-0.4, -0.2) is 215 Å². The van der Waals surface area contributed by atoms with Gasteiger partial charge in [-0.1, -0.05) is 19.8 Å². The number of nitrogens with one attached hydrogen (secondary N) is 9. The summed E-state index contributed by atoms with van der Waals surface area (Å²) in [5, 5.41) is 74.6. The molecule has 0 aromatic carbocycles. The summed E-state index contributed by atoms with van der Waals surface area (Å²) in [4.78, 5) is 179. The highest BCUT2D eigenvalue weighted by atomic mass is 32.2. The van der Waals surface area contributed by atoms with E-state index in [1.165, 1.54) is 0 Å². The molecule has 2 aromatic heterocycles. The molecular weight excluding hydrogens is 1280 g/mol.